The van der Waals surface area contributed by atoms with Crippen molar-refractivity contribution in [2.75, 3.05) is 13.1 Å². The quantitative estimate of drug-likeness (QED) is 0.365. The van der Waals surface area contributed by atoms with Gasteiger partial charge in [-0.25, -0.2) is 0 Å². The highest BCUT2D eigenvalue weighted by Gasteiger charge is 2.22. The molecule has 1 unspecified atom stereocenters. The van der Waals surface area contributed by atoms with Crippen LogP contribution >= 0.6 is 0 Å². The normalized spacial score (nSPS) is 19.8. The Morgan fingerprint density at radius 1 is 0.750 bits per heavy atom. The van der Waals surface area contributed by atoms with E-state index in [4.69, 9.17) is 0 Å². The first-order chi connectivity index (χ1) is 9.88. The fourth-order valence-electron chi connectivity index (χ4n) is 3.60. The molecule has 1 nitrogen and oxygen atoms in total. The fraction of sp³-hybridized carbons (Fsp3) is 1.00. The van der Waals surface area contributed by atoms with E-state index in [0.717, 1.165) is 6.04 Å². The Kier molecular flexibility index (Phi) is 11.4. The molecule has 1 saturated heterocycles. The van der Waals surface area contributed by atoms with Crippen LogP contribution in [0.5, 0.6) is 0 Å². The second-order valence-electron chi connectivity index (χ2n) is 6.80. The van der Waals surface area contributed by atoms with Crippen LogP contribution in [0.25, 0.3) is 0 Å². The summed E-state index contributed by atoms with van der Waals surface area (Å²) in [7, 11) is 0. The molecule has 0 spiro atoms. The average Bonchev–Trinajstić information content (AvgIpc) is 2.90. The molecule has 0 amide bonds. The molecule has 1 heterocycles. The number of rotatable bonds is 13. The SMILES string of the molecule is CCCCCCCCCC1CCCN1CCCCCC. The van der Waals surface area contributed by atoms with Crippen LogP contribution in [0.1, 0.15) is 104 Å². The molecule has 1 heteroatoms. The highest BCUT2D eigenvalue weighted by atomic mass is 15.2. The zero-order valence-electron chi connectivity index (χ0n) is 14.3. The van der Waals surface area contributed by atoms with E-state index in [1.165, 1.54) is 103 Å². The van der Waals surface area contributed by atoms with Gasteiger partial charge in [0.1, 0.15) is 0 Å². The van der Waals surface area contributed by atoms with Crippen molar-refractivity contribution in [3.05, 3.63) is 0 Å². The van der Waals surface area contributed by atoms with Crippen molar-refractivity contribution in [2.24, 2.45) is 0 Å². The summed E-state index contributed by atoms with van der Waals surface area (Å²) in [5, 5.41) is 0. The van der Waals surface area contributed by atoms with E-state index in [0.29, 0.717) is 0 Å². The Morgan fingerprint density at radius 2 is 1.35 bits per heavy atom. The summed E-state index contributed by atoms with van der Waals surface area (Å²) in [6.07, 6.45) is 20.2. The molecule has 0 radical (unpaired) electrons. The molecule has 1 rings (SSSR count). The molecule has 0 saturated carbocycles. The Morgan fingerprint density at radius 3 is 2.05 bits per heavy atom. The van der Waals surface area contributed by atoms with E-state index in [1.54, 1.807) is 0 Å². The number of likely N-dealkylation sites (tertiary alicyclic amines) is 1. The summed E-state index contributed by atoms with van der Waals surface area (Å²) < 4.78 is 0. The third-order valence-corrected chi connectivity index (χ3v) is 4.94. The number of unbranched alkanes of at least 4 members (excludes halogenated alkanes) is 9. The van der Waals surface area contributed by atoms with Crippen LogP contribution in [0.4, 0.5) is 0 Å². The summed E-state index contributed by atoms with van der Waals surface area (Å²) in [5.41, 5.74) is 0. The highest BCUT2D eigenvalue weighted by molar-refractivity contribution is 4.78. The number of nitrogens with zero attached hydrogens (tertiary/aromatic N) is 1. The maximum Gasteiger partial charge on any atom is 0.00957 e. The number of hydrogen-bond acceptors (Lipinski definition) is 1. The monoisotopic (exact) mass is 281 g/mol. The molecule has 1 fully saturated rings. The van der Waals surface area contributed by atoms with Gasteiger partial charge in [-0.1, -0.05) is 78.1 Å². The van der Waals surface area contributed by atoms with Crippen molar-refractivity contribution < 1.29 is 0 Å². The molecular weight excluding hydrogens is 242 g/mol. The lowest BCUT2D eigenvalue weighted by Crippen LogP contribution is -2.30. The van der Waals surface area contributed by atoms with Crippen molar-refractivity contribution in [1.82, 2.24) is 4.90 Å². The number of hydrogen-bond donors (Lipinski definition) is 0. The van der Waals surface area contributed by atoms with Crippen LogP contribution in [-0.4, -0.2) is 24.0 Å². The van der Waals surface area contributed by atoms with Crippen LogP contribution in [0.3, 0.4) is 0 Å². The molecule has 0 aromatic carbocycles. The van der Waals surface area contributed by atoms with Crippen molar-refractivity contribution in [3.63, 3.8) is 0 Å². The van der Waals surface area contributed by atoms with Gasteiger partial charge in [0.15, 0.2) is 0 Å². The summed E-state index contributed by atoms with van der Waals surface area (Å²) in [6.45, 7) is 7.36. The molecule has 1 aliphatic heterocycles. The predicted octanol–water partition coefficient (Wildman–Crippen LogP) is 6.17. The molecular formula is C19H39N. The van der Waals surface area contributed by atoms with E-state index in [-0.39, 0.29) is 0 Å². The maximum absolute atomic E-state index is 2.80. The van der Waals surface area contributed by atoms with Gasteiger partial charge in [0, 0.05) is 6.04 Å². The maximum atomic E-state index is 2.80. The van der Waals surface area contributed by atoms with E-state index in [2.05, 4.69) is 18.7 Å². The van der Waals surface area contributed by atoms with Crippen molar-refractivity contribution >= 4 is 0 Å². The summed E-state index contributed by atoms with van der Waals surface area (Å²) in [6, 6.07) is 0.937. The molecule has 1 aliphatic rings. The molecule has 0 N–H and O–H groups in total. The van der Waals surface area contributed by atoms with Gasteiger partial charge < -0.3 is 4.90 Å². The first-order valence-electron chi connectivity index (χ1n) is 9.62. The van der Waals surface area contributed by atoms with E-state index in [1.807, 2.05) is 0 Å². The highest BCUT2D eigenvalue weighted by Crippen LogP contribution is 2.23. The first-order valence-corrected chi connectivity index (χ1v) is 9.62. The Balaban J connectivity index is 1.97. The summed E-state index contributed by atoms with van der Waals surface area (Å²) in [4.78, 5) is 2.80. The lowest BCUT2D eigenvalue weighted by molar-refractivity contribution is 0.233. The van der Waals surface area contributed by atoms with Crippen LogP contribution in [0, 0.1) is 0 Å². The average molecular weight is 282 g/mol. The van der Waals surface area contributed by atoms with Crippen LogP contribution in [0.2, 0.25) is 0 Å². The molecule has 0 aromatic heterocycles. The van der Waals surface area contributed by atoms with E-state index in [9.17, 15) is 0 Å². The van der Waals surface area contributed by atoms with Gasteiger partial charge >= 0.3 is 0 Å². The molecule has 0 bridgehead atoms. The first kappa shape index (κ1) is 18.0. The Hall–Kier alpha value is -0.0400. The molecule has 20 heavy (non-hydrogen) atoms. The lowest BCUT2D eigenvalue weighted by Gasteiger charge is -2.24. The minimum Gasteiger partial charge on any atom is -0.300 e. The van der Waals surface area contributed by atoms with Crippen molar-refractivity contribution in [1.29, 1.82) is 0 Å². The van der Waals surface area contributed by atoms with Gasteiger partial charge in [-0.3, -0.25) is 0 Å². The Bertz CT molecular complexity index is 202. The zero-order chi connectivity index (χ0) is 14.5. The third-order valence-electron chi connectivity index (χ3n) is 4.94. The predicted molar refractivity (Wildman–Crippen MR) is 91.3 cm³/mol. The third kappa shape index (κ3) is 8.29. The van der Waals surface area contributed by atoms with E-state index >= 15 is 0 Å². The minimum absolute atomic E-state index is 0.937. The summed E-state index contributed by atoms with van der Waals surface area (Å²) in [5.74, 6) is 0. The van der Waals surface area contributed by atoms with Crippen molar-refractivity contribution in [3.8, 4) is 0 Å². The lowest BCUT2D eigenvalue weighted by atomic mass is 10.0. The van der Waals surface area contributed by atoms with Crippen LogP contribution < -0.4 is 0 Å². The van der Waals surface area contributed by atoms with Gasteiger partial charge in [-0.15, -0.1) is 0 Å². The summed E-state index contributed by atoms with van der Waals surface area (Å²) >= 11 is 0. The van der Waals surface area contributed by atoms with Gasteiger partial charge in [0.2, 0.25) is 0 Å². The Labute approximate surface area is 128 Å². The molecule has 1 atom stereocenters. The standard InChI is InChI=1S/C19H39N/c1-3-5-7-9-10-11-12-15-19-16-14-18-20(19)17-13-8-6-4-2/h19H,3-18H2,1-2H3. The second-order valence-corrected chi connectivity index (χ2v) is 6.80. The van der Waals surface area contributed by atoms with Crippen LogP contribution in [-0.2, 0) is 0 Å². The minimum atomic E-state index is 0.937. The van der Waals surface area contributed by atoms with Gasteiger partial charge in [0.25, 0.3) is 0 Å². The van der Waals surface area contributed by atoms with Crippen molar-refractivity contribution in [2.45, 2.75) is 110 Å². The second kappa shape index (κ2) is 12.7. The molecule has 0 aromatic rings. The van der Waals surface area contributed by atoms with Gasteiger partial charge in [-0.2, -0.15) is 0 Å². The molecule has 0 aliphatic carbocycles. The fourth-order valence-corrected chi connectivity index (χ4v) is 3.60. The van der Waals surface area contributed by atoms with E-state index < -0.39 is 0 Å². The van der Waals surface area contributed by atoms with Crippen LogP contribution in [0.15, 0.2) is 0 Å². The largest absolute Gasteiger partial charge is 0.300 e. The smallest absolute Gasteiger partial charge is 0.00957 e. The topological polar surface area (TPSA) is 3.24 Å². The zero-order valence-corrected chi connectivity index (χ0v) is 14.3. The molecule has 120 valence electrons. The van der Waals surface area contributed by atoms with Gasteiger partial charge in [0.05, 0.1) is 0 Å². The van der Waals surface area contributed by atoms with Gasteiger partial charge in [-0.05, 0) is 38.8 Å².